The molecule has 0 bridgehead atoms. The van der Waals surface area contributed by atoms with Gasteiger partial charge in [-0.2, -0.15) is 0 Å². The van der Waals surface area contributed by atoms with E-state index < -0.39 is 0 Å². The van der Waals surface area contributed by atoms with Crippen LogP contribution in [-0.4, -0.2) is 36.8 Å². The SMILES string of the molecule is CCCNC(C)c1csc(N2CC(C)OCC2CC)n1. The van der Waals surface area contributed by atoms with E-state index in [9.17, 15) is 0 Å². The Bertz CT molecular complexity index is 410. The van der Waals surface area contributed by atoms with Gasteiger partial charge in [0, 0.05) is 18.0 Å². The van der Waals surface area contributed by atoms with Crippen molar-refractivity contribution in [3.8, 4) is 0 Å². The second kappa shape index (κ2) is 7.38. The average Bonchev–Trinajstić information content (AvgIpc) is 2.94. The lowest BCUT2D eigenvalue weighted by molar-refractivity contribution is 0.0299. The lowest BCUT2D eigenvalue weighted by Crippen LogP contribution is -2.48. The quantitative estimate of drug-likeness (QED) is 0.875. The average molecular weight is 297 g/mol. The molecule has 114 valence electrons. The van der Waals surface area contributed by atoms with E-state index in [2.05, 4.69) is 43.3 Å². The van der Waals surface area contributed by atoms with Crippen LogP contribution in [0.5, 0.6) is 0 Å². The predicted octanol–water partition coefficient (Wildman–Crippen LogP) is 3.21. The molecule has 2 heterocycles. The minimum absolute atomic E-state index is 0.292. The maximum Gasteiger partial charge on any atom is 0.185 e. The van der Waals surface area contributed by atoms with Gasteiger partial charge in [-0.15, -0.1) is 11.3 Å². The van der Waals surface area contributed by atoms with Crippen molar-refractivity contribution in [2.75, 3.05) is 24.6 Å². The summed E-state index contributed by atoms with van der Waals surface area (Å²) in [5.41, 5.74) is 1.16. The number of thiazole rings is 1. The number of aromatic nitrogens is 1. The van der Waals surface area contributed by atoms with Crippen molar-refractivity contribution >= 4 is 16.5 Å². The van der Waals surface area contributed by atoms with Crippen LogP contribution in [0.3, 0.4) is 0 Å². The second-order valence-electron chi connectivity index (χ2n) is 5.59. The Morgan fingerprint density at radius 1 is 1.55 bits per heavy atom. The highest BCUT2D eigenvalue weighted by molar-refractivity contribution is 7.13. The van der Waals surface area contributed by atoms with Gasteiger partial charge in [0.1, 0.15) is 0 Å². The van der Waals surface area contributed by atoms with Crippen LogP contribution < -0.4 is 10.2 Å². The van der Waals surface area contributed by atoms with Crippen molar-refractivity contribution in [2.45, 2.75) is 58.7 Å². The third kappa shape index (κ3) is 3.71. The van der Waals surface area contributed by atoms with Crippen molar-refractivity contribution in [3.63, 3.8) is 0 Å². The molecule has 1 fully saturated rings. The summed E-state index contributed by atoms with van der Waals surface area (Å²) in [5.74, 6) is 0. The van der Waals surface area contributed by atoms with E-state index in [-0.39, 0.29) is 0 Å². The van der Waals surface area contributed by atoms with E-state index in [1.54, 1.807) is 11.3 Å². The van der Waals surface area contributed by atoms with Crippen LogP contribution in [-0.2, 0) is 4.74 Å². The van der Waals surface area contributed by atoms with E-state index in [0.717, 1.165) is 43.4 Å². The minimum atomic E-state index is 0.292. The zero-order chi connectivity index (χ0) is 14.5. The Balaban J connectivity index is 2.06. The number of anilines is 1. The lowest BCUT2D eigenvalue weighted by Gasteiger charge is -2.38. The van der Waals surface area contributed by atoms with Crippen LogP contribution >= 0.6 is 11.3 Å². The summed E-state index contributed by atoms with van der Waals surface area (Å²) < 4.78 is 5.76. The molecule has 2 rings (SSSR count). The number of nitrogens with zero attached hydrogens (tertiary/aromatic N) is 2. The maximum absolute atomic E-state index is 5.76. The lowest BCUT2D eigenvalue weighted by atomic mass is 10.1. The fourth-order valence-corrected chi connectivity index (χ4v) is 3.49. The molecule has 3 unspecified atom stereocenters. The normalized spacial score (nSPS) is 24.9. The fraction of sp³-hybridized carbons (Fsp3) is 0.800. The molecule has 1 saturated heterocycles. The molecule has 4 nitrogen and oxygen atoms in total. The van der Waals surface area contributed by atoms with E-state index in [0.29, 0.717) is 18.2 Å². The van der Waals surface area contributed by atoms with E-state index in [1.165, 1.54) is 0 Å². The molecule has 5 heteroatoms. The molecular weight excluding hydrogens is 270 g/mol. The molecule has 0 saturated carbocycles. The predicted molar refractivity (Wildman–Crippen MR) is 85.7 cm³/mol. The molecule has 1 aliphatic heterocycles. The first-order valence-corrected chi connectivity index (χ1v) is 8.60. The minimum Gasteiger partial charge on any atom is -0.375 e. The fourth-order valence-electron chi connectivity index (χ4n) is 2.49. The molecule has 3 atom stereocenters. The van der Waals surface area contributed by atoms with Crippen LogP contribution in [0.2, 0.25) is 0 Å². The molecule has 0 amide bonds. The van der Waals surface area contributed by atoms with Crippen molar-refractivity contribution in [2.24, 2.45) is 0 Å². The van der Waals surface area contributed by atoms with Crippen LogP contribution in [0.1, 0.15) is 52.3 Å². The highest BCUT2D eigenvalue weighted by Gasteiger charge is 2.27. The van der Waals surface area contributed by atoms with Gasteiger partial charge in [0.15, 0.2) is 5.13 Å². The van der Waals surface area contributed by atoms with Gasteiger partial charge in [0.25, 0.3) is 0 Å². The number of hydrogen-bond donors (Lipinski definition) is 1. The number of rotatable bonds is 6. The Morgan fingerprint density at radius 2 is 2.35 bits per heavy atom. The zero-order valence-electron chi connectivity index (χ0n) is 13.1. The molecule has 1 aromatic heterocycles. The largest absolute Gasteiger partial charge is 0.375 e. The standard InChI is InChI=1S/C15H27N3OS/c1-5-7-16-12(4)14-10-20-15(17-14)18-8-11(3)19-9-13(18)6-2/h10-13,16H,5-9H2,1-4H3. The number of hydrogen-bond acceptors (Lipinski definition) is 5. The van der Waals surface area contributed by atoms with Crippen LogP contribution in [0.15, 0.2) is 5.38 Å². The molecule has 0 aliphatic carbocycles. The van der Waals surface area contributed by atoms with Gasteiger partial charge in [-0.05, 0) is 33.2 Å². The summed E-state index contributed by atoms with van der Waals surface area (Å²) in [7, 11) is 0. The molecule has 20 heavy (non-hydrogen) atoms. The van der Waals surface area contributed by atoms with E-state index in [1.807, 2.05) is 0 Å². The van der Waals surface area contributed by atoms with Crippen LogP contribution in [0, 0.1) is 0 Å². The van der Waals surface area contributed by atoms with Gasteiger partial charge in [-0.25, -0.2) is 4.98 Å². The highest BCUT2D eigenvalue weighted by atomic mass is 32.1. The van der Waals surface area contributed by atoms with Crippen molar-refractivity contribution in [1.29, 1.82) is 0 Å². The first-order chi connectivity index (χ1) is 9.65. The first kappa shape index (κ1) is 15.7. The molecule has 0 spiro atoms. The summed E-state index contributed by atoms with van der Waals surface area (Å²) in [5, 5.41) is 6.84. The summed E-state index contributed by atoms with van der Waals surface area (Å²) in [6.45, 7) is 11.5. The monoisotopic (exact) mass is 297 g/mol. The van der Waals surface area contributed by atoms with Crippen LogP contribution in [0.4, 0.5) is 5.13 Å². The third-order valence-electron chi connectivity index (χ3n) is 3.84. The number of ether oxygens (including phenoxy) is 1. The van der Waals surface area contributed by atoms with Gasteiger partial charge in [0.2, 0.25) is 0 Å². The first-order valence-electron chi connectivity index (χ1n) is 7.72. The van der Waals surface area contributed by atoms with Crippen molar-refractivity contribution < 1.29 is 4.74 Å². The van der Waals surface area contributed by atoms with Gasteiger partial charge in [-0.1, -0.05) is 13.8 Å². The molecule has 1 N–H and O–H groups in total. The molecular formula is C15H27N3OS. The summed E-state index contributed by atoms with van der Waals surface area (Å²) in [6.07, 6.45) is 2.55. The molecule has 0 radical (unpaired) electrons. The second-order valence-corrected chi connectivity index (χ2v) is 6.43. The Morgan fingerprint density at radius 3 is 3.05 bits per heavy atom. The molecule has 1 aromatic rings. The summed E-state index contributed by atoms with van der Waals surface area (Å²) in [4.78, 5) is 7.27. The van der Waals surface area contributed by atoms with Gasteiger partial charge < -0.3 is 15.0 Å². The highest BCUT2D eigenvalue weighted by Crippen LogP contribution is 2.28. The number of nitrogens with one attached hydrogen (secondary N) is 1. The number of morpholine rings is 1. The topological polar surface area (TPSA) is 37.4 Å². The summed E-state index contributed by atoms with van der Waals surface area (Å²) >= 11 is 1.76. The zero-order valence-corrected chi connectivity index (χ0v) is 13.9. The van der Waals surface area contributed by atoms with Gasteiger partial charge in [0.05, 0.1) is 24.4 Å². The molecule has 0 aromatic carbocycles. The smallest absolute Gasteiger partial charge is 0.185 e. The summed E-state index contributed by atoms with van der Waals surface area (Å²) in [6, 6.07) is 0.794. The van der Waals surface area contributed by atoms with Gasteiger partial charge >= 0.3 is 0 Å². The molecule has 1 aliphatic rings. The van der Waals surface area contributed by atoms with Crippen molar-refractivity contribution in [3.05, 3.63) is 11.1 Å². The van der Waals surface area contributed by atoms with E-state index in [4.69, 9.17) is 9.72 Å². The van der Waals surface area contributed by atoms with Gasteiger partial charge in [-0.3, -0.25) is 0 Å². The Kier molecular flexibility index (Phi) is 5.81. The maximum atomic E-state index is 5.76. The van der Waals surface area contributed by atoms with Crippen molar-refractivity contribution in [1.82, 2.24) is 10.3 Å². The Labute approximate surface area is 126 Å². The van der Waals surface area contributed by atoms with E-state index >= 15 is 0 Å². The van der Waals surface area contributed by atoms with Crippen LogP contribution in [0.25, 0.3) is 0 Å². The Hall–Kier alpha value is -0.650. The third-order valence-corrected chi connectivity index (χ3v) is 4.73.